The molecule has 64 valence electrons. The zero-order chi connectivity index (χ0) is 7.90. The van der Waals surface area contributed by atoms with Crippen molar-refractivity contribution in [3.05, 3.63) is 0 Å². The van der Waals surface area contributed by atoms with Crippen molar-refractivity contribution in [1.29, 1.82) is 0 Å². The minimum absolute atomic E-state index is 0.306. The second-order valence-corrected chi connectivity index (χ2v) is 3.72. The fraction of sp³-hybridized carbons (Fsp3) is 1.00. The molecule has 2 N–H and O–H groups in total. The predicted molar refractivity (Wildman–Crippen MR) is 41.3 cm³/mol. The SMILES string of the molecule is COC1CC(O)(C2CNC2)C1. The largest absolute Gasteiger partial charge is 0.389 e. The first-order valence-corrected chi connectivity index (χ1v) is 4.20. The third kappa shape index (κ3) is 1.08. The lowest BCUT2D eigenvalue weighted by atomic mass is 9.67. The van der Waals surface area contributed by atoms with Crippen LogP contribution in [0, 0.1) is 5.92 Å². The van der Waals surface area contributed by atoms with Gasteiger partial charge in [-0.3, -0.25) is 0 Å². The average molecular weight is 157 g/mol. The fourth-order valence-electron chi connectivity index (χ4n) is 1.90. The summed E-state index contributed by atoms with van der Waals surface area (Å²) >= 11 is 0. The van der Waals surface area contributed by atoms with Crippen LogP contribution in [0.3, 0.4) is 0 Å². The summed E-state index contributed by atoms with van der Waals surface area (Å²) in [6.07, 6.45) is 1.96. The summed E-state index contributed by atoms with van der Waals surface area (Å²) in [5.41, 5.74) is -0.397. The maximum absolute atomic E-state index is 9.91. The molecule has 3 nitrogen and oxygen atoms in total. The third-order valence-corrected chi connectivity index (χ3v) is 3.04. The molecule has 2 aliphatic rings. The molecule has 0 amide bonds. The standard InChI is InChI=1S/C8H15NO2/c1-11-7-2-8(10,3-7)6-4-9-5-6/h6-7,9-10H,2-5H2,1H3. The van der Waals surface area contributed by atoms with Crippen LogP contribution >= 0.6 is 0 Å². The summed E-state index contributed by atoms with van der Waals surface area (Å²) in [6, 6.07) is 0. The molecular weight excluding hydrogens is 142 g/mol. The van der Waals surface area contributed by atoms with Gasteiger partial charge in [0.25, 0.3) is 0 Å². The van der Waals surface area contributed by atoms with Crippen molar-refractivity contribution in [3.8, 4) is 0 Å². The Kier molecular flexibility index (Phi) is 1.67. The Morgan fingerprint density at radius 2 is 2.09 bits per heavy atom. The van der Waals surface area contributed by atoms with E-state index in [1.54, 1.807) is 7.11 Å². The molecule has 11 heavy (non-hydrogen) atoms. The van der Waals surface area contributed by atoms with Crippen LogP contribution in [0.5, 0.6) is 0 Å². The van der Waals surface area contributed by atoms with Gasteiger partial charge in [-0.15, -0.1) is 0 Å². The van der Waals surface area contributed by atoms with Crippen molar-refractivity contribution in [2.24, 2.45) is 5.92 Å². The van der Waals surface area contributed by atoms with Gasteiger partial charge in [-0.05, 0) is 0 Å². The van der Waals surface area contributed by atoms with Crippen LogP contribution in [0.1, 0.15) is 12.8 Å². The topological polar surface area (TPSA) is 41.5 Å². The zero-order valence-corrected chi connectivity index (χ0v) is 6.84. The normalized spacial score (nSPS) is 44.7. The van der Waals surface area contributed by atoms with Crippen LogP contribution in [0.25, 0.3) is 0 Å². The molecule has 3 heteroatoms. The lowest BCUT2D eigenvalue weighted by molar-refractivity contribution is -0.167. The predicted octanol–water partition coefficient (Wildman–Crippen LogP) is -0.254. The molecule has 0 unspecified atom stereocenters. The molecule has 0 radical (unpaired) electrons. The van der Waals surface area contributed by atoms with Crippen LogP contribution in [0.4, 0.5) is 0 Å². The molecule has 1 saturated heterocycles. The van der Waals surface area contributed by atoms with Crippen LogP contribution < -0.4 is 5.32 Å². The number of ether oxygens (including phenoxy) is 1. The summed E-state index contributed by atoms with van der Waals surface area (Å²) in [6.45, 7) is 1.96. The van der Waals surface area contributed by atoms with Gasteiger partial charge < -0.3 is 15.2 Å². The highest BCUT2D eigenvalue weighted by molar-refractivity contribution is 5.03. The molecule has 0 aromatic rings. The molecule has 1 heterocycles. The van der Waals surface area contributed by atoms with Gasteiger partial charge in [0.1, 0.15) is 0 Å². The Hall–Kier alpha value is -0.120. The lowest BCUT2D eigenvalue weighted by Gasteiger charge is -2.51. The maximum atomic E-state index is 9.91. The highest BCUT2D eigenvalue weighted by Gasteiger charge is 2.50. The minimum Gasteiger partial charge on any atom is -0.389 e. The molecule has 2 rings (SSSR count). The van der Waals surface area contributed by atoms with Crippen LogP contribution in [0.15, 0.2) is 0 Å². The van der Waals surface area contributed by atoms with Gasteiger partial charge in [-0.2, -0.15) is 0 Å². The van der Waals surface area contributed by atoms with E-state index in [4.69, 9.17) is 4.74 Å². The molecule has 0 aromatic heterocycles. The lowest BCUT2D eigenvalue weighted by Crippen LogP contribution is -2.63. The average Bonchev–Trinajstić information content (AvgIpc) is 1.77. The minimum atomic E-state index is -0.397. The van der Waals surface area contributed by atoms with E-state index < -0.39 is 5.60 Å². The van der Waals surface area contributed by atoms with Crippen LogP contribution in [-0.4, -0.2) is 37.0 Å². The van der Waals surface area contributed by atoms with E-state index in [9.17, 15) is 5.11 Å². The van der Waals surface area contributed by atoms with Gasteiger partial charge in [-0.25, -0.2) is 0 Å². The highest BCUT2D eigenvalue weighted by atomic mass is 16.5. The fourth-order valence-corrected chi connectivity index (χ4v) is 1.90. The quantitative estimate of drug-likeness (QED) is 0.580. The Morgan fingerprint density at radius 3 is 2.45 bits per heavy atom. The maximum Gasteiger partial charge on any atom is 0.0749 e. The zero-order valence-electron chi connectivity index (χ0n) is 6.84. The van der Waals surface area contributed by atoms with Gasteiger partial charge in [0, 0.05) is 39.0 Å². The van der Waals surface area contributed by atoms with Gasteiger partial charge in [0.15, 0.2) is 0 Å². The molecule has 0 aromatic carbocycles. The van der Waals surface area contributed by atoms with Crippen molar-refractivity contribution < 1.29 is 9.84 Å². The summed E-state index contributed by atoms with van der Waals surface area (Å²) in [4.78, 5) is 0. The summed E-state index contributed by atoms with van der Waals surface area (Å²) < 4.78 is 5.12. The number of hydrogen-bond donors (Lipinski definition) is 2. The second-order valence-electron chi connectivity index (χ2n) is 3.72. The van der Waals surface area contributed by atoms with Crippen LogP contribution in [-0.2, 0) is 4.74 Å². The Bertz CT molecular complexity index is 150. The van der Waals surface area contributed by atoms with Gasteiger partial charge >= 0.3 is 0 Å². The van der Waals surface area contributed by atoms with E-state index in [1.807, 2.05) is 0 Å². The molecule has 1 saturated carbocycles. The van der Waals surface area contributed by atoms with Crippen molar-refractivity contribution in [3.63, 3.8) is 0 Å². The molecule has 1 aliphatic carbocycles. The number of methoxy groups -OCH3 is 1. The molecule has 0 spiro atoms. The first-order valence-electron chi connectivity index (χ1n) is 4.20. The number of aliphatic hydroxyl groups is 1. The van der Waals surface area contributed by atoms with Crippen molar-refractivity contribution in [1.82, 2.24) is 5.32 Å². The number of nitrogens with one attached hydrogen (secondary N) is 1. The Morgan fingerprint density at radius 1 is 1.45 bits per heavy atom. The van der Waals surface area contributed by atoms with Crippen molar-refractivity contribution >= 4 is 0 Å². The molecular formula is C8H15NO2. The Balaban J connectivity index is 1.84. The van der Waals surface area contributed by atoms with Gasteiger partial charge in [0.2, 0.25) is 0 Å². The highest BCUT2D eigenvalue weighted by Crippen LogP contribution is 2.41. The third-order valence-electron chi connectivity index (χ3n) is 3.04. The molecule has 0 bridgehead atoms. The first-order chi connectivity index (χ1) is 5.24. The van der Waals surface area contributed by atoms with E-state index in [0.717, 1.165) is 25.9 Å². The second kappa shape index (κ2) is 2.44. The monoisotopic (exact) mass is 157 g/mol. The van der Waals surface area contributed by atoms with E-state index in [0.29, 0.717) is 12.0 Å². The smallest absolute Gasteiger partial charge is 0.0749 e. The number of hydrogen-bond acceptors (Lipinski definition) is 3. The molecule has 0 atom stereocenters. The van der Waals surface area contributed by atoms with Crippen LogP contribution in [0.2, 0.25) is 0 Å². The molecule has 1 aliphatic heterocycles. The van der Waals surface area contributed by atoms with Gasteiger partial charge in [-0.1, -0.05) is 0 Å². The van der Waals surface area contributed by atoms with Crippen molar-refractivity contribution in [2.75, 3.05) is 20.2 Å². The first kappa shape index (κ1) is 7.53. The van der Waals surface area contributed by atoms with E-state index in [1.165, 1.54) is 0 Å². The summed E-state index contributed by atoms with van der Waals surface area (Å²) in [5.74, 6) is 0.480. The van der Waals surface area contributed by atoms with E-state index in [-0.39, 0.29) is 0 Å². The van der Waals surface area contributed by atoms with Crippen molar-refractivity contribution in [2.45, 2.75) is 24.5 Å². The number of rotatable bonds is 2. The summed E-state index contributed by atoms with van der Waals surface area (Å²) in [7, 11) is 1.71. The Labute approximate surface area is 66.7 Å². The van der Waals surface area contributed by atoms with E-state index in [2.05, 4.69) is 5.32 Å². The molecule has 2 fully saturated rings. The van der Waals surface area contributed by atoms with Gasteiger partial charge in [0.05, 0.1) is 11.7 Å². The summed E-state index contributed by atoms with van der Waals surface area (Å²) in [5, 5.41) is 13.1. The van der Waals surface area contributed by atoms with E-state index >= 15 is 0 Å².